The van der Waals surface area contributed by atoms with Crippen LogP contribution in [0.2, 0.25) is 0 Å². The third kappa shape index (κ3) is 4.62. The second kappa shape index (κ2) is 8.56. The highest BCUT2D eigenvalue weighted by Crippen LogP contribution is 2.18. The zero-order valence-electron chi connectivity index (χ0n) is 13.1. The number of nitrogens with two attached hydrogens (primary N) is 1. The molecule has 0 unspecified atom stereocenters. The minimum Gasteiger partial charge on any atom is -0.368 e. The number of carbonyl (C=O) groups excluding carboxylic acids is 2. The number of halogens is 1. The van der Waals surface area contributed by atoms with Crippen LogP contribution >= 0.6 is 15.9 Å². The first-order valence-electron chi connectivity index (χ1n) is 7.29. The minimum absolute atomic E-state index is 0.237. The number of primary amides is 1. The molecule has 7 heteroatoms. The van der Waals surface area contributed by atoms with E-state index in [1.54, 1.807) is 24.4 Å². The second-order valence-electron chi connectivity index (χ2n) is 5.15. The van der Waals surface area contributed by atoms with Gasteiger partial charge in [0, 0.05) is 19.7 Å². The molecule has 0 aliphatic carbocycles. The third-order valence-electron chi connectivity index (χ3n) is 3.50. The van der Waals surface area contributed by atoms with Crippen molar-refractivity contribution in [3.8, 4) is 0 Å². The minimum atomic E-state index is -0.862. The molecule has 0 radical (unpaired) electrons. The number of benzene rings is 1. The summed E-state index contributed by atoms with van der Waals surface area (Å²) < 4.78 is 5.88. The van der Waals surface area contributed by atoms with Crippen LogP contribution in [0.3, 0.4) is 0 Å². The van der Waals surface area contributed by atoms with E-state index in [2.05, 4.69) is 26.2 Å². The van der Waals surface area contributed by atoms with E-state index in [0.717, 1.165) is 5.56 Å². The molecule has 1 aromatic heterocycles. The molecule has 2 amide bonds. The number of hydrogen-bond donors (Lipinski definition) is 2. The molecular weight excluding hydrogens is 374 g/mol. The number of methoxy groups -OCH3 is 1. The van der Waals surface area contributed by atoms with Gasteiger partial charge in [0.2, 0.25) is 5.91 Å². The van der Waals surface area contributed by atoms with E-state index in [4.69, 9.17) is 10.5 Å². The molecule has 0 spiro atoms. The summed E-state index contributed by atoms with van der Waals surface area (Å²) in [6, 6.07) is 11.7. The van der Waals surface area contributed by atoms with Crippen LogP contribution in [0.25, 0.3) is 0 Å². The van der Waals surface area contributed by atoms with Gasteiger partial charge in [-0.25, -0.2) is 4.98 Å². The molecule has 3 N–H and O–H groups in total. The van der Waals surface area contributed by atoms with Crippen LogP contribution in [0, 0.1) is 0 Å². The molecule has 2 aromatic rings. The Hall–Kier alpha value is -2.25. The highest BCUT2D eigenvalue weighted by molar-refractivity contribution is 9.10. The summed E-state index contributed by atoms with van der Waals surface area (Å²) in [5.41, 5.74) is 6.90. The summed E-state index contributed by atoms with van der Waals surface area (Å²) in [4.78, 5) is 28.3. The Morgan fingerprint density at radius 1 is 1.25 bits per heavy atom. The van der Waals surface area contributed by atoms with Crippen molar-refractivity contribution in [3.63, 3.8) is 0 Å². The normalized spacial score (nSPS) is 13.1. The summed E-state index contributed by atoms with van der Waals surface area (Å²) in [6.07, 6.45) is 1.05. The fourth-order valence-electron chi connectivity index (χ4n) is 2.28. The SMILES string of the molecule is CO[C@@H](C(=O)N[C@@H](Cc1cccnc1Br)C(N)=O)c1ccccc1. The molecule has 24 heavy (non-hydrogen) atoms. The molecule has 0 aliphatic heterocycles. The van der Waals surface area contributed by atoms with Gasteiger partial charge in [0.25, 0.3) is 5.91 Å². The van der Waals surface area contributed by atoms with Crippen molar-refractivity contribution < 1.29 is 14.3 Å². The standard InChI is InChI=1S/C17H18BrN3O3/c1-24-14(11-6-3-2-4-7-11)17(23)21-13(16(19)22)10-12-8-5-9-20-15(12)18/h2-9,13-14H,10H2,1H3,(H2,19,22)(H,21,23)/t13-,14+/m0/s1. The van der Waals surface area contributed by atoms with Crippen molar-refractivity contribution in [1.82, 2.24) is 10.3 Å². The molecule has 0 saturated heterocycles. The van der Waals surface area contributed by atoms with Gasteiger partial charge in [-0.15, -0.1) is 0 Å². The van der Waals surface area contributed by atoms with Gasteiger partial charge < -0.3 is 15.8 Å². The highest BCUT2D eigenvalue weighted by atomic mass is 79.9. The molecule has 0 saturated carbocycles. The van der Waals surface area contributed by atoms with Gasteiger partial charge in [-0.1, -0.05) is 36.4 Å². The summed E-state index contributed by atoms with van der Waals surface area (Å²) in [6.45, 7) is 0. The van der Waals surface area contributed by atoms with Crippen molar-refractivity contribution in [1.29, 1.82) is 0 Å². The van der Waals surface area contributed by atoms with Gasteiger partial charge >= 0.3 is 0 Å². The van der Waals surface area contributed by atoms with E-state index >= 15 is 0 Å². The predicted molar refractivity (Wildman–Crippen MR) is 93.0 cm³/mol. The van der Waals surface area contributed by atoms with E-state index in [0.29, 0.717) is 10.2 Å². The first-order chi connectivity index (χ1) is 11.5. The first kappa shape index (κ1) is 18.1. The third-order valence-corrected chi connectivity index (χ3v) is 4.21. The molecular formula is C17H18BrN3O3. The number of hydrogen-bond acceptors (Lipinski definition) is 4. The van der Waals surface area contributed by atoms with E-state index in [1.807, 2.05) is 24.3 Å². The van der Waals surface area contributed by atoms with Crippen LogP contribution in [0.1, 0.15) is 17.2 Å². The number of nitrogens with one attached hydrogen (secondary N) is 1. The van der Waals surface area contributed by atoms with Crippen LogP contribution in [0.4, 0.5) is 0 Å². The molecule has 0 aliphatic rings. The predicted octanol–water partition coefficient (Wildman–Crippen LogP) is 1.74. The Labute approximate surface area is 148 Å². The summed E-state index contributed by atoms with van der Waals surface area (Å²) >= 11 is 3.32. The lowest BCUT2D eigenvalue weighted by Crippen LogP contribution is -2.47. The van der Waals surface area contributed by atoms with E-state index in [9.17, 15) is 9.59 Å². The maximum absolute atomic E-state index is 12.5. The summed E-state index contributed by atoms with van der Waals surface area (Å²) in [5, 5.41) is 2.65. The zero-order chi connectivity index (χ0) is 17.5. The molecule has 0 bridgehead atoms. The van der Waals surface area contributed by atoms with Crippen LogP contribution in [0.5, 0.6) is 0 Å². The van der Waals surface area contributed by atoms with E-state index in [1.165, 1.54) is 7.11 Å². The molecule has 2 rings (SSSR count). The van der Waals surface area contributed by atoms with Crippen molar-refractivity contribution in [2.45, 2.75) is 18.6 Å². The number of carbonyl (C=O) groups is 2. The Kier molecular flexibility index (Phi) is 6.45. The monoisotopic (exact) mass is 391 g/mol. The van der Waals surface area contributed by atoms with Gasteiger partial charge in [0.1, 0.15) is 10.6 Å². The molecule has 1 aromatic carbocycles. The fraction of sp³-hybridized carbons (Fsp3) is 0.235. The lowest BCUT2D eigenvalue weighted by molar-refractivity contribution is -0.134. The number of pyridine rings is 1. The topological polar surface area (TPSA) is 94.3 Å². The number of amides is 2. The number of nitrogens with zero attached hydrogens (tertiary/aromatic N) is 1. The van der Waals surface area contributed by atoms with Crippen molar-refractivity contribution in [2.24, 2.45) is 5.73 Å². The Bertz CT molecular complexity index is 709. The van der Waals surface area contributed by atoms with Gasteiger partial charge in [0.05, 0.1) is 0 Å². The van der Waals surface area contributed by atoms with Crippen LogP contribution in [-0.2, 0) is 20.7 Å². The first-order valence-corrected chi connectivity index (χ1v) is 8.09. The summed E-state index contributed by atoms with van der Waals surface area (Å²) in [5.74, 6) is -1.05. The quantitative estimate of drug-likeness (QED) is 0.702. The van der Waals surface area contributed by atoms with Gasteiger partial charge in [-0.3, -0.25) is 9.59 Å². The molecule has 2 atom stereocenters. The number of rotatable bonds is 7. The lowest BCUT2D eigenvalue weighted by atomic mass is 10.1. The van der Waals surface area contributed by atoms with Crippen molar-refractivity contribution in [2.75, 3.05) is 7.11 Å². The smallest absolute Gasteiger partial charge is 0.254 e. The second-order valence-corrected chi connectivity index (χ2v) is 5.90. The summed E-state index contributed by atoms with van der Waals surface area (Å²) in [7, 11) is 1.44. The van der Waals surface area contributed by atoms with E-state index in [-0.39, 0.29) is 6.42 Å². The van der Waals surface area contributed by atoms with Gasteiger partial charge in [0.15, 0.2) is 6.10 Å². The molecule has 0 fully saturated rings. The Morgan fingerprint density at radius 3 is 2.54 bits per heavy atom. The largest absolute Gasteiger partial charge is 0.368 e. The van der Waals surface area contributed by atoms with E-state index < -0.39 is 24.0 Å². The van der Waals surface area contributed by atoms with Crippen LogP contribution in [-0.4, -0.2) is 29.9 Å². The average Bonchev–Trinajstić information content (AvgIpc) is 2.57. The van der Waals surface area contributed by atoms with Crippen LogP contribution in [0.15, 0.2) is 53.3 Å². The average molecular weight is 392 g/mol. The number of ether oxygens (including phenoxy) is 1. The molecule has 126 valence electrons. The zero-order valence-corrected chi connectivity index (χ0v) is 14.7. The molecule has 6 nitrogen and oxygen atoms in total. The lowest BCUT2D eigenvalue weighted by Gasteiger charge is -2.20. The van der Waals surface area contributed by atoms with Crippen LogP contribution < -0.4 is 11.1 Å². The Morgan fingerprint density at radius 2 is 1.96 bits per heavy atom. The Balaban J connectivity index is 2.13. The van der Waals surface area contributed by atoms with Gasteiger partial charge in [-0.2, -0.15) is 0 Å². The van der Waals surface area contributed by atoms with Crippen molar-refractivity contribution >= 4 is 27.7 Å². The maximum atomic E-state index is 12.5. The number of aromatic nitrogens is 1. The van der Waals surface area contributed by atoms with Crippen molar-refractivity contribution in [3.05, 3.63) is 64.4 Å². The van der Waals surface area contributed by atoms with Gasteiger partial charge in [-0.05, 0) is 33.1 Å². The highest BCUT2D eigenvalue weighted by Gasteiger charge is 2.26. The molecule has 1 heterocycles. The maximum Gasteiger partial charge on any atom is 0.254 e. The fourth-order valence-corrected chi connectivity index (χ4v) is 2.70.